The van der Waals surface area contributed by atoms with E-state index in [9.17, 15) is 4.79 Å². The lowest BCUT2D eigenvalue weighted by Crippen LogP contribution is -2.07. The zero-order valence-electron chi connectivity index (χ0n) is 11.9. The molecule has 0 saturated heterocycles. The first-order valence-electron chi connectivity index (χ1n) is 6.90. The highest BCUT2D eigenvalue weighted by atomic mass is 35.5. The molecule has 1 N–H and O–H groups in total. The van der Waals surface area contributed by atoms with Gasteiger partial charge in [0.15, 0.2) is 0 Å². The number of hydrogen-bond donors (Lipinski definition) is 1. The molecule has 0 spiro atoms. The average molecular weight is 304 g/mol. The number of esters is 1. The second-order valence-corrected chi connectivity index (χ2v) is 5.10. The number of nitrogens with one attached hydrogen (secondary N) is 1. The highest BCUT2D eigenvalue weighted by molar-refractivity contribution is 6.30. The SMILES string of the molecule is CCOC(=O)Cc1ccc(NCc2cccc(Cl)c2)cc1. The number of carbonyl (C=O) groups excluding carboxylic acids is 1. The number of carbonyl (C=O) groups is 1. The second-order valence-electron chi connectivity index (χ2n) is 4.66. The van der Waals surface area contributed by atoms with Crippen LogP contribution in [0.25, 0.3) is 0 Å². The Morgan fingerprint density at radius 2 is 1.90 bits per heavy atom. The summed E-state index contributed by atoms with van der Waals surface area (Å²) < 4.78 is 4.93. The van der Waals surface area contributed by atoms with Gasteiger partial charge in [0.1, 0.15) is 0 Å². The minimum atomic E-state index is -0.197. The van der Waals surface area contributed by atoms with Crippen LogP contribution in [0.4, 0.5) is 5.69 Å². The van der Waals surface area contributed by atoms with Crippen molar-refractivity contribution in [1.29, 1.82) is 0 Å². The summed E-state index contributed by atoms with van der Waals surface area (Å²) in [6, 6.07) is 15.5. The van der Waals surface area contributed by atoms with Crippen LogP contribution in [0.2, 0.25) is 5.02 Å². The Hall–Kier alpha value is -2.00. The Kier molecular flexibility index (Phi) is 5.64. The molecule has 4 heteroatoms. The number of rotatable bonds is 6. The summed E-state index contributed by atoms with van der Waals surface area (Å²) in [6.07, 6.45) is 0.308. The van der Waals surface area contributed by atoms with Gasteiger partial charge >= 0.3 is 5.97 Å². The lowest BCUT2D eigenvalue weighted by Gasteiger charge is -2.08. The molecule has 0 aliphatic rings. The maximum Gasteiger partial charge on any atom is 0.310 e. The van der Waals surface area contributed by atoms with Crippen LogP contribution in [0.1, 0.15) is 18.1 Å². The molecule has 0 amide bonds. The fraction of sp³-hybridized carbons (Fsp3) is 0.235. The van der Waals surface area contributed by atoms with E-state index in [1.54, 1.807) is 6.92 Å². The van der Waals surface area contributed by atoms with Crippen molar-refractivity contribution in [1.82, 2.24) is 0 Å². The van der Waals surface area contributed by atoms with Gasteiger partial charge in [-0.3, -0.25) is 4.79 Å². The number of halogens is 1. The maximum atomic E-state index is 11.4. The molecular formula is C17H18ClNO2. The third kappa shape index (κ3) is 5.12. The van der Waals surface area contributed by atoms with E-state index < -0.39 is 0 Å². The summed E-state index contributed by atoms with van der Waals surface area (Å²) in [7, 11) is 0. The first-order valence-corrected chi connectivity index (χ1v) is 7.28. The van der Waals surface area contributed by atoms with Crippen LogP contribution in [0.3, 0.4) is 0 Å². The van der Waals surface area contributed by atoms with Gasteiger partial charge in [-0.1, -0.05) is 35.9 Å². The zero-order chi connectivity index (χ0) is 15.1. The maximum absolute atomic E-state index is 11.4. The van der Waals surface area contributed by atoms with Crippen molar-refractivity contribution in [3.8, 4) is 0 Å². The van der Waals surface area contributed by atoms with Crippen molar-refractivity contribution in [2.24, 2.45) is 0 Å². The van der Waals surface area contributed by atoms with Gasteiger partial charge in [0, 0.05) is 17.3 Å². The molecule has 0 atom stereocenters. The Balaban J connectivity index is 1.89. The highest BCUT2D eigenvalue weighted by Crippen LogP contribution is 2.14. The topological polar surface area (TPSA) is 38.3 Å². The lowest BCUT2D eigenvalue weighted by molar-refractivity contribution is -0.142. The van der Waals surface area contributed by atoms with Crippen LogP contribution in [-0.2, 0) is 22.5 Å². The van der Waals surface area contributed by atoms with E-state index >= 15 is 0 Å². The van der Waals surface area contributed by atoms with Crippen LogP contribution < -0.4 is 5.32 Å². The minimum absolute atomic E-state index is 0.197. The number of anilines is 1. The Morgan fingerprint density at radius 1 is 1.14 bits per heavy atom. The standard InChI is InChI=1S/C17H18ClNO2/c1-2-21-17(20)11-13-6-8-16(9-7-13)19-12-14-4-3-5-15(18)10-14/h3-10,19H,2,11-12H2,1H3. The fourth-order valence-electron chi connectivity index (χ4n) is 1.97. The number of benzene rings is 2. The summed E-state index contributed by atoms with van der Waals surface area (Å²) in [6.45, 7) is 2.93. The molecule has 21 heavy (non-hydrogen) atoms. The first kappa shape index (κ1) is 15.4. The molecule has 2 rings (SSSR count). The summed E-state index contributed by atoms with van der Waals surface area (Å²) in [5.41, 5.74) is 3.07. The first-order chi connectivity index (χ1) is 10.2. The van der Waals surface area contributed by atoms with Crippen molar-refractivity contribution >= 4 is 23.3 Å². The van der Waals surface area contributed by atoms with Crippen LogP contribution in [-0.4, -0.2) is 12.6 Å². The minimum Gasteiger partial charge on any atom is -0.466 e. The van der Waals surface area contributed by atoms with Crippen molar-refractivity contribution in [3.05, 3.63) is 64.7 Å². The Morgan fingerprint density at radius 3 is 2.57 bits per heavy atom. The Bertz CT molecular complexity index is 596. The summed E-state index contributed by atoms with van der Waals surface area (Å²) >= 11 is 5.95. The van der Waals surface area contributed by atoms with E-state index in [4.69, 9.17) is 16.3 Å². The monoisotopic (exact) mass is 303 g/mol. The molecule has 2 aromatic rings. The van der Waals surface area contributed by atoms with Crippen molar-refractivity contribution < 1.29 is 9.53 Å². The molecule has 0 fully saturated rings. The normalized spacial score (nSPS) is 10.2. The molecule has 0 aliphatic heterocycles. The van der Waals surface area contributed by atoms with E-state index in [-0.39, 0.29) is 5.97 Å². The molecule has 0 saturated carbocycles. The predicted octanol–water partition coefficient (Wildman–Crippen LogP) is 4.06. The van der Waals surface area contributed by atoms with Crippen molar-refractivity contribution in [2.45, 2.75) is 19.9 Å². The molecule has 0 aliphatic carbocycles. The lowest BCUT2D eigenvalue weighted by atomic mass is 10.1. The molecule has 110 valence electrons. The smallest absolute Gasteiger partial charge is 0.310 e. The molecule has 0 unspecified atom stereocenters. The fourth-order valence-corrected chi connectivity index (χ4v) is 2.18. The largest absolute Gasteiger partial charge is 0.466 e. The van der Waals surface area contributed by atoms with Crippen molar-refractivity contribution in [3.63, 3.8) is 0 Å². The van der Waals surface area contributed by atoms with Gasteiger partial charge in [0.2, 0.25) is 0 Å². The molecule has 0 radical (unpaired) electrons. The third-order valence-electron chi connectivity index (χ3n) is 2.99. The molecule has 0 aromatic heterocycles. The summed E-state index contributed by atoms with van der Waals surface area (Å²) in [4.78, 5) is 11.4. The van der Waals surface area contributed by atoms with Gasteiger partial charge in [0.25, 0.3) is 0 Å². The predicted molar refractivity (Wildman–Crippen MR) is 85.6 cm³/mol. The van der Waals surface area contributed by atoms with E-state index in [0.29, 0.717) is 19.6 Å². The molecule has 3 nitrogen and oxygen atoms in total. The van der Waals surface area contributed by atoms with Gasteiger partial charge in [0.05, 0.1) is 13.0 Å². The average Bonchev–Trinajstić information content (AvgIpc) is 2.47. The summed E-state index contributed by atoms with van der Waals surface area (Å²) in [5.74, 6) is -0.197. The van der Waals surface area contributed by atoms with Crippen molar-refractivity contribution in [2.75, 3.05) is 11.9 Å². The highest BCUT2D eigenvalue weighted by Gasteiger charge is 2.03. The van der Waals surface area contributed by atoms with E-state index in [2.05, 4.69) is 5.32 Å². The van der Waals surface area contributed by atoms with Crippen LogP contribution in [0, 0.1) is 0 Å². The third-order valence-corrected chi connectivity index (χ3v) is 3.23. The van der Waals surface area contributed by atoms with Gasteiger partial charge in [-0.05, 0) is 42.3 Å². The van der Waals surface area contributed by atoms with Gasteiger partial charge in [-0.2, -0.15) is 0 Å². The van der Waals surface area contributed by atoms with Crippen LogP contribution in [0.5, 0.6) is 0 Å². The molecule has 2 aromatic carbocycles. The molecular weight excluding hydrogens is 286 g/mol. The van der Waals surface area contributed by atoms with E-state index in [1.807, 2.05) is 48.5 Å². The van der Waals surface area contributed by atoms with Gasteiger partial charge in [-0.25, -0.2) is 0 Å². The second kappa shape index (κ2) is 7.70. The van der Waals surface area contributed by atoms with E-state index in [0.717, 1.165) is 21.8 Å². The van der Waals surface area contributed by atoms with Gasteiger partial charge in [-0.15, -0.1) is 0 Å². The summed E-state index contributed by atoms with van der Waals surface area (Å²) in [5, 5.41) is 4.05. The molecule has 0 bridgehead atoms. The molecule has 0 heterocycles. The van der Waals surface area contributed by atoms with Crippen LogP contribution in [0.15, 0.2) is 48.5 Å². The van der Waals surface area contributed by atoms with E-state index in [1.165, 1.54) is 0 Å². The van der Waals surface area contributed by atoms with Crippen LogP contribution >= 0.6 is 11.6 Å². The van der Waals surface area contributed by atoms with Gasteiger partial charge < -0.3 is 10.1 Å². The Labute approximate surface area is 129 Å². The number of hydrogen-bond acceptors (Lipinski definition) is 3. The zero-order valence-corrected chi connectivity index (χ0v) is 12.7. The number of ether oxygens (including phenoxy) is 1. The quantitative estimate of drug-likeness (QED) is 0.818.